The first-order valence-electron chi connectivity index (χ1n) is 9.14. The van der Waals surface area contributed by atoms with E-state index in [1.165, 1.54) is 0 Å². The molecule has 1 amide bonds. The largest absolute Gasteiger partial charge is 0.496 e. The minimum atomic E-state index is 0.0220. The average molecular weight is 363 g/mol. The van der Waals surface area contributed by atoms with Gasteiger partial charge in [-0.1, -0.05) is 48.5 Å². The van der Waals surface area contributed by atoms with Gasteiger partial charge in [0.15, 0.2) is 0 Å². The lowest BCUT2D eigenvalue weighted by Crippen LogP contribution is -2.30. The molecule has 2 aromatic carbocycles. The molecular weight excluding hydrogens is 338 g/mol. The molecule has 0 unspecified atom stereocenters. The Kier molecular flexibility index (Phi) is 6.31. The van der Waals surface area contributed by atoms with Crippen LogP contribution in [0.2, 0.25) is 0 Å². The van der Waals surface area contributed by atoms with Crippen LogP contribution in [0.15, 0.2) is 77.4 Å². The van der Waals surface area contributed by atoms with E-state index in [1.54, 1.807) is 20.3 Å². The third-order valence-electron chi connectivity index (χ3n) is 4.75. The fourth-order valence-corrected chi connectivity index (χ4v) is 3.33. The SMILES string of the molecule is COc1ccccc1[C@H](CCN(Cc1ccccc1)C(C)=O)c1ccco1. The number of hydrogen-bond acceptors (Lipinski definition) is 3. The maximum atomic E-state index is 12.2. The van der Waals surface area contributed by atoms with Crippen molar-refractivity contribution in [3.05, 3.63) is 89.9 Å². The molecule has 4 heteroatoms. The molecule has 0 saturated carbocycles. The summed E-state index contributed by atoms with van der Waals surface area (Å²) in [5.41, 5.74) is 2.19. The zero-order chi connectivity index (χ0) is 19.1. The van der Waals surface area contributed by atoms with Crippen molar-refractivity contribution in [3.63, 3.8) is 0 Å². The van der Waals surface area contributed by atoms with Crippen LogP contribution >= 0.6 is 0 Å². The first kappa shape index (κ1) is 18.8. The van der Waals surface area contributed by atoms with E-state index in [4.69, 9.17) is 9.15 Å². The van der Waals surface area contributed by atoms with Crippen LogP contribution in [0.25, 0.3) is 0 Å². The van der Waals surface area contributed by atoms with E-state index in [-0.39, 0.29) is 11.8 Å². The van der Waals surface area contributed by atoms with Crippen LogP contribution < -0.4 is 4.74 Å². The quantitative estimate of drug-likeness (QED) is 0.574. The summed E-state index contributed by atoms with van der Waals surface area (Å²) in [5.74, 6) is 1.80. The van der Waals surface area contributed by atoms with Gasteiger partial charge in [0.1, 0.15) is 11.5 Å². The molecule has 0 aliphatic carbocycles. The Labute approximate surface area is 160 Å². The van der Waals surface area contributed by atoms with Gasteiger partial charge in [0.2, 0.25) is 5.91 Å². The predicted octanol–water partition coefficient (Wildman–Crippen LogP) is 4.86. The number of ether oxygens (including phenoxy) is 1. The van der Waals surface area contributed by atoms with Crippen molar-refractivity contribution in [2.75, 3.05) is 13.7 Å². The number of carbonyl (C=O) groups excluding carboxylic acids is 1. The highest BCUT2D eigenvalue weighted by Crippen LogP contribution is 2.34. The summed E-state index contributed by atoms with van der Waals surface area (Å²) in [6.45, 7) is 2.86. The van der Waals surface area contributed by atoms with Gasteiger partial charge in [-0.3, -0.25) is 4.79 Å². The van der Waals surface area contributed by atoms with E-state index in [9.17, 15) is 4.79 Å². The molecule has 4 nitrogen and oxygen atoms in total. The summed E-state index contributed by atoms with van der Waals surface area (Å²) < 4.78 is 11.3. The Balaban J connectivity index is 1.80. The molecule has 1 aromatic heterocycles. The third-order valence-corrected chi connectivity index (χ3v) is 4.75. The Bertz CT molecular complexity index is 843. The summed E-state index contributed by atoms with van der Waals surface area (Å²) in [4.78, 5) is 14.1. The summed E-state index contributed by atoms with van der Waals surface area (Å²) in [5, 5.41) is 0. The first-order valence-corrected chi connectivity index (χ1v) is 9.14. The van der Waals surface area contributed by atoms with E-state index in [2.05, 4.69) is 6.07 Å². The number of rotatable bonds is 8. The van der Waals surface area contributed by atoms with E-state index in [0.717, 1.165) is 29.1 Å². The van der Waals surface area contributed by atoms with Crippen LogP contribution in [-0.4, -0.2) is 24.5 Å². The maximum absolute atomic E-state index is 12.2. The van der Waals surface area contributed by atoms with Crippen LogP contribution in [-0.2, 0) is 11.3 Å². The number of hydrogen-bond donors (Lipinski definition) is 0. The van der Waals surface area contributed by atoms with Gasteiger partial charge in [-0.05, 0) is 30.2 Å². The van der Waals surface area contributed by atoms with Crippen LogP contribution in [0.1, 0.15) is 36.1 Å². The highest BCUT2D eigenvalue weighted by molar-refractivity contribution is 5.73. The number of furan rings is 1. The highest BCUT2D eigenvalue weighted by atomic mass is 16.5. The zero-order valence-corrected chi connectivity index (χ0v) is 15.8. The van der Waals surface area contributed by atoms with E-state index >= 15 is 0 Å². The summed E-state index contributed by atoms with van der Waals surface area (Å²) in [7, 11) is 1.68. The maximum Gasteiger partial charge on any atom is 0.219 e. The molecule has 0 N–H and O–H groups in total. The fraction of sp³-hybridized carbons (Fsp3) is 0.261. The zero-order valence-electron chi connectivity index (χ0n) is 15.8. The number of benzene rings is 2. The Morgan fingerprint density at radius 1 is 1.04 bits per heavy atom. The van der Waals surface area contributed by atoms with Gasteiger partial charge >= 0.3 is 0 Å². The van der Waals surface area contributed by atoms with Crippen molar-refractivity contribution in [2.45, 2.75) is 25.8 Å². The predicted molar refractivity (Wildman–Crippen MR) is 106 cm³/mol. The normalized spacial score (nSPS) is 11.8. The van der Waals surface area contributed by atoms with Gasteiger partial charge in [-0.15, -0.1) is 0 Å². The standard InChI is InChI=1S/C23H25NO3/c1-18(25)24(17-19-9-4-3-5-10-19)15-14-21(23-13-8-16-27-23)20-11-6-7-12-22(20)26-2/h3-13,16,21H,14-15,17H2,1-2H3/t21-/m0/s1. The topological polar surface area (TPSA) is 42.7 Å². The number of nitrogens with zero attached hydrogens (tertiary/aromatic N) is 1. The van der Waals surface area contributed by atoms with Crippen molar-refractivity contribution >= 4 is 5.91 Å². The lowest BCUT2D eigenvalue weighted by Gasteiger charge is -2.25. The second kappa shape index (κ2) is 9.08. The van der Waals surface area contributed by atoms with Gasteiger partial charge in [-0.25, -0.2) is 0 Å². The third kappa shape index (κ3) is 4.79. The molecule has 0 radical (unpaired) electrons. The van der Waals surface area contributed by atoms with Crippen molar-refractivity contribution in [3.8, 4) is 5.75 Å². The first-order chi connectivity index (χ1) is 13.2. The molecule has 1 atom stereocenters. The smallest absolute Gasteiger partial charge is 0.219 e. The molecule has 0 saturated heterocycles. The monoisotopic (exact) mass is 363 g/mol. The molecule has 0 aliphatic heterocycles. The molecular formula is C23H25NO3. The Morgan fingerprint density at radius 3 is 2.44 bits per heavy atom. The van der Waals surface area contributed by atoms with Crippen LogP contribution in [0.4, 0.5) is 0 Å². The van der Waals surface area contributed by atoms with Crippen molar-refractivity contribution in [1.29, 1.82) is 0 Å². The van der Waals surface area contributed by atoms with E-state index in [1.807, 2.05) is 65.6 Å². The molecule has 0 fully saturated rings. The Hall–Kier alpha value is -3.01. The summed E-state index contributed by atoms with van der Waals surface area (Å²) in [6.07, 6.45) is 2.44. The molecule has 0 spiro atoms. The molecule has 1 heterocycles. The number of carbonyl (C=O) groups is 1. The van der Waals surface area contributed by atoms with Crippen molar-refractivity contribution in [2.24, 2.45) is 0 Å². The van der Waals surface area contributed by atoms with E-state index < -0.39 is 0 Å². The molecule has 140 valence electrons. The van der Waals surface area contributed by atoms with Crippen molar-refractivity contribution in [1.82, 2.24) is 4.90 Å². The minimum absolute atomic E-state index is 0.0220. The van der Waals surface area contributed by atoms with Gasteiger partial charge in [0.25, 0.3) is 0 Å². The lowest BCUT2D eigenvalue weighted by atomic mass is 9.92. The van der Waals surface area contributed by atoms with Gasteiger partial charge in [-0.2, -0.15) is 0 Å². The lowest BCUT2D eigenvalue weighted by molar-refractivity contribution is -0.129. The average Bonchev–Trinajstić information content (AvgIpc) is 3.23. The second-order valence-electron chi connectivity index (χ2n) is 6.52. The van der Waals surface area contributed by atoms with Crippen molar-refractivity contribution < 1.29 is 13.9 Å². The van der Waals surface area contributed by atoms with Crippen LogP contribution in [0.3, 0.4) is 0 Å². The van der Waals surface area contributed by atoms with Gasteiger partial charge in [0, 0.05) is 31.5 Å². The van der Waals surface area contributed by atoms with Crippen LogP contribution in [0.5, 0.6) is 5.75 Å². The number of amides is 1. The molecule has 27 heavy (non-hydrogen) atoms. The summed E-state index contributed by atoms with van der Waals surface area (Å²) in [6, 6.07) is 21.9. The fourth-order valence-electron chi connectivity index (χ4n) is 3.33. The number of methoxy groups -OCH3 is 1. The molecule has 3 aromatic rings. The molecule has 0 bridgehead atoms. The van der Waals surface area contributed by atoms with E-state index in [0.29, 0.717) is 13.1 Å². The van der Waals surface area contributed by atoms with Gasteiger partial charge in [0.05, 0.1) is 13.4 Å². The molecule has 3 rings (SSSR count). The summed E-state index contributed by atoms with van der Waals surface area (Å²) >= 11 is 0. The Morgan fingerprint density at radius 2 is 1.78 bits per heavy atom. The molecule has 0 aliphatic rings. The van der Waals surface area contributed by atoms with Crippen LogP contribution in [0, 0.1) is 0 Å². The second-order valence-corrected chi connectivity index (χ2v) is 6.52. The van der Waals surface area contributed by atoms with Gasteiger partial charge < -0.3 is 14.1 Å². The highest BCUT2D eigenvalue weighted by Gasteiger charge is 2.22. The minimum Gasteiger partial charge on any atom is -0.496 e. The number of para-hydroxylation sites is 1.